The number of hydrogen-bond donors (Lipinski definition) is 1. The predicted molar refractivity (Wildman–Crippen MR) is 128 cm³/mol. The summed E-state index contributed by atoms with van der Waals surface area (Å²) >= 11 is 6.18. The zero-order valence-corrected chi connectivity index (χ0v) is 19.3. The average molecular weight is 463 g/mol. The Morgan fingerprint density at radius 1 is 0.909 bits per heavy atom. The fourth-order valence-electron chi connectivity index (χ4n) is 3.71. The third-order valence-electron chi connectivity index (χ3n) is 5.50. The summed E-state index contributed by atoms with van der Waals surface area (Å²) in [6, 6.07) is 19.7. The molecule has 0 aliphatic carbocycles. The summed E-state index contributed by atoms with van der Waals surface area (Å²) in [4.78, 5) is 28.3. The van der Waals surface area contributed by atoms with E-state index in [0.29, 0.717) is 27.8 Å². The van der Waals surface area contributed by atoms with Crippen molar-refractivity contribution in [1.82, 2.24) is 4.90 Å². The number of carbonyl (C=O) groups is 2. The summed E-state index contributed by atoms with van der Waals surface area (Å²) < 4.78 is 10.7. The average Bonchev–Trinajstić information content (AvgIpc) is 3.06. The molecular weight excluding hydrogens is 440 g/mol. The highest BCUT2D eigenvalue weighted by Gasteiger charge is 2.40. The van der Waals surface area contributed by atoms with Crippen molar-refractivity contribution < 1.29 is 19.1 Å². The van der Waals surface area contributed by atoms with Crippen LogP contribution in [0.15, 0.2) is 72.4 Å². The van der Waals surface area contributed by atoms with Crippen molar-refractivity contribution in [2.45, 2.75) is 13.5 Å². The van der Waals surface area contributed by atoms with Crippen LogP contribution in [-0.2, 0) is 16.1 Å². The highest BCUT2D eigenvalue weighted by atomic mass is 35.5. The Labute approximate surface area is 197 Å². The zero-order valence-electron chi connectivity index (χ0n) is 18.5. The number of aryl methyl sites for hydroxylation is 1. The number of imide groups is 1. The Morgan fingerprint density at radius 3 is 2.33 bits per heavy atom. The lowest BCUT2D eigenvalue weighted by molar-refractivity contribution is -0.137. The summed E-state index contributed by atoms with van der Waals surface area (Å²) in [5.74, 6) is 0.380. The molecule has 1 N–H and O–H groups in total. The lowest BCUT2D eigenvalue weighted by Gasteiger charge is -2.16. The molecule has 1 heterocycles. The maximum absolute atomic E-state index is 13.6. The lowest BCUT2D eigenvalue weighted by Crippen LogP contribution is -2.32. The number of halogens is 1. The molecular formula is C26H23ClN2O4. The Morgan fingerprint density at radius 2 is 1.64 bits per heavy atom. The van der Waals surface area contributed by atoms with E-state index in [2.05, 4.69) is 5.32 Å². The van der Waals surface area contributed by atoms with E-state index in [-0.39, 0.29) is 17.8 Å². The van der Waals surface area contributed by atoms with Crippen LogP contribution < -0.4 is 14.8 Å². The molecule has 33 heavy (non-hydrogen) atoms. The van der Waals surface area contributed by atoms with Crippen molar-refractivity contribution in [2.24, 2.45) is 0 Å². The van der Waals surface area contributed by atoms with E-state index in [1.54, 1.807) is 49.6 Å². The zero-order chi connectivity index (χ0) is 23.5. The molecule has 3 aromatic carbocycles. The van der Waals surface area contributed by atoms with E-state index in [0.717, 1.165) is 11.1 Å². The first-order chi connectivity index (χ1) is 15.9. The highest BCUT2D eigenvalue weighted by Crippen LogP contribution is 2.36. The van der Waals surface area contributed by atoms with Crippen LogP contribution in [0.5, 0.6) is 11.5 Å². The maximum Gasteiger partial charge on any atom is 0.278 e. The molecule has 0 bridgehead atoms. The molecule has 0 saturated carbocycles. The van der Waals surface area contributed by atoms with Gasteiger partial charge in [0.25, 0.3) is 11.8 Å². The molecule has 0 radical (unpaired) electrons. The third kappa shape index (κ3) is 4.43. The molecule has 1 aliphatic heterocycles. The van der Waals surface area contributed by atoms with Gasteiger partial charge in [-0.3, -0.25) is 14.5 Å². The number of methoxy groups -OCH3 is 2. The number of hydrogen-bond acceptors (Lipinski definition) is 5. The van der Waals surface area contributed by atoms with Gasteiger partial charge < -0.3 is 14.8 Å². The molecule has 4 rings (SSSR count). The first-order valence-corrected chi connectivity index (χ1v) is 10.7. The molecule has 7 heteroatoms. The number of amides is 2. The van der Waals surface area contributed by atoms with Gasteiger partial charge in [-0.25, -0.2) is 0 Å². The van der Waals surface area contributed by atoms with Gasteiger partial charge in [0.1, 0.15) is 17.2 Å². The second-order valence-electron chi connectivity index (χ2n) is 7.58. The summed E-state index contributed by atoms with van der Waals surface area (Å²) in [5, 5.41) is 3.69. The minimum atomic E-state index is -0.420. The SMILES string of the molecule is COc1ccc(CN2C(=O)C(Nc3cc(Cl)ccc3C)=C(c3ccccc3OC)C2=O)cc1. The van der Waals surface area contributed by atoms with Gasteiger partial charge in [-0.2, -0.15) is 0 Å². The van der Waals surface area contributed by atoms with Crippen molar-refractivity contribution in [3.05, 3.63) is 94.1 Å². The molecule has 168 valence electrons. The quantitative estimate of drug-likeness (QED) is 0.497. The number of rotatable bonds is 7. The molecule has 1 aliphatic rings. The van der Waals surface area contributed by atoms with Gasteiger partial charge in [-0.1, -0.05) is 48.0 Å². The van der Waals surface area contributed by atoms with Crippen LogP contribution in [0.4, 0.5) is 5.69 Å². The number of ether oxygens (including phenoxy) is 2. The van der Waals surface area contributed by atoms with Crippen molar-refractivity contribution in [1.29, 1.82) is 0 Å². The van der Waals surface area contributed by atoms with Crippen LogP contribution in [0.2, 0.25) is 5.02 Å². The molecule has 0 aromatic heterocycles. The molecule has 0 atom stereocenters. The van der Waals surface area contributed by atoms with E-state index in [4.69, 9.17) is 21.1 Å². The lowest BCUT2D eigenvalue weighted by atomic mass is 10.0. The van der Waals surface area contributed by atoms with E-state index in [1.807, 2.05) is 31.2 Å². The summed E-state index contributed by atoms with van der Waals surface area (Å²) in [6.45, 7) is 2.03. The minimum absolute atomic E-state index is 0.125. The fraction of sp³-hybridized carbons (Fsp3) is 0.154. The topological polar surface area (TPSA) is 67.9 Å². The van der Waals surface area contributed by atoms with Crippen LogP contribution in [0, 0.1) is 6.92 Å². The van der Waals surface area contributed by atoms with Crippen molar-refractivity contribution in [3.8, 4) is 11.5 Å². The van der Waals surface area contributed by atoms with Crippen molar-refractivity contribution in [3.63, 3.8) is 0 Å². The van der Waals surface area contributed by atoms with Crippen LogP contribution in [-0.4, -0.2) is 30.9 Å². The number of nitrogens with one attached hydrogen (secondary N) is 1. The Bertz CT molecular complexity index is 1250. The fourth-order valence-corrected chi connectivity index (χ4v) is 3.89. The van der Waals surface area contributed by atoms with Crippen molar-refractivity contribution in [2.75, 3.05) is 19.5 Å². The van der Waals surface area contributed by atoms with E-state index < -0.39 is 11.8 Å². The highest BCUT2D eigenvalue weighted by molar-refractivity contribution is 6.37. The van der Waals surface area contributed by atoms with Crippen molar-refractivity contribution >= 4 is 34.7 Å². The molecule has 0 saturated heterocycles. The predicted octanol–water partition coefficient (Wildman–Crippen LogP) is 5.06. The number of para-hydroxylation sites is 1. The largest absolute Gasteiger partial charge is 0.497 e. The number of nitrogens with zero attached hydrogens (tertiary/aromatic N) is 1. The maximum atomic E-state index is 13.6. The number of anilines is 1. The smallest absolute Gasteiger partial charge is 0.278 e. The summed E-state index contributed by atoms with van der Waals surface area (Å²) in [6.07, 6.45) is 0. The minimum Gasteiger partial charge on any atom is -0.497 e. The molecule has 0 spiro atoms. The van der Waals surface area contributed by atoms with Crippen LogP contribution in [0.3, 0.4) is 0 Å². The first-order valence-electron chi connectivity index (χ1n) is 10.3. The molecule has 2 amide bonds. The van der Waals surface area contributed by atoms with E-state index in [9.17, 15) is 9.59 Å². The van der Waals surface area contributed by atoms with Gasteiger partial charge in [-0.15, -0.1) is 0 Å². The van der Waals surface area contributed by atoms with E-state index in [1.165, 1.54) is 12.0 Å². The Kier molecular flexibility index (Phi) is 6.38. The van der Waals surface area contributed by atoms with Gasteiger partial charge in [0.05, 0.1) is 26.3 Å². The monoisotopic (exact) mass is 462 g/mol. The van der Waals surface area contributed by atoms with E-state index >= 15 is 0 Å². The van der Waals surface area contributed by atoms with Gasteiger partial charge in [0.15, 0.2) is 0 Å². The summed E-state index contributed by atoms with van der Waals surface area (Å²) in [7, 11) is 3.12. The molecule has 6 nitrogen and oxygen atoms in total. The number of carbonyl (C=O) groups excluding carboxylic acids is 2. The number of benzene rings is 3. The Balaban J connectivity index is 1.78. The van der Waals surface area contributed by atoms with Gasteiger partial charge in [0, 0.05) is 16.3 Å². The van der Waals surface area contributed by atoms with Gasteiger partial charge >= 0.3 is 0 Å². The standard InChI is InChI=1S/C26H23ClN2O4/c1-16-8-11-18(27)14-21(16)28-24-23(20-6-4-5-7-22(20)33-3)25(30)29(26(24)31)15-17-9-12-19(32-2)13-10-17/h4-14,28H,15H2,1-3H3. The van der Waals surface area contributed by atoms with Crippen LogP contribution >= 0.6 is 11.6 Å². The second kappa shape index (κ2) is 9.38. The van der Waals surface area contributed by atoms with Crippen LogP contribution in [0.25, 0.3) is 5.57 Å². The molecule has 0 unspecified atom stereocenters. The van der Waals surface area contributed by atoms with Gasteiger partial charge in [-0.05, 0) is 48.4 Å². The second-order valence-corrected chi connectivity index (χ2v) is 8.02. The third-order valence-corrected chi connectivity index (χ3v) is 5.74. The Hall–Kier alpha value is -3.77. The first kappa shape index (κ1) is 22.4. The molecule has 0 fully saturated rings. The molecule has 3 aromatic rings. The van der Waals surface area contributed by atoms with Gasteiger partial charge in [0.2, 0.25) is 0 Å². The normalized spacial score (nSPS) is 13.5. The van der Waals surface area contributed by atoms with Crippen LogP contribution in [0.1, 0.15) is 16.7 Å². The summed E-state index contributed by atoms with van der Waals surface area (Å²) in [5.41, 5.74) is 3.32.